The molecule has 0 aliphatic heterocycles. The lowest BCUT2D eigenvalue weighted by molar-refractivity contribution is -0.137. The molecule has 0 saturated carbocycles. The third-order valence-electron chi connectivity index (χ3n) is 2.55. The van der Waals surface area contributed by atoms with Gasteiger partial charge in [-0.3, -0.25) is 4.79 Å². The zero-order valence-corrected chi connectivity index (χ0v) is 11.0. The number of nitrogens with one attached hydrogen (secondary N) is 1. The van der Waals surface area contributed by atoms with E-state index in [1.54, 1.807) is 6.08 Å². The van der Waals surface area contributed by atoms with Crippen LogP contribution in [0, 0.1) is 13.8 Å². The fourth-order valence-electron chi connectivity index (χ4n) is 1.65. The molecule has 1 rings (SSSR count). The van der Waals surface area contributed by atoms with Gasteiger partial charge in [0.15, 0.2) is 0 Å². The second-order valence-corrected chi connectivity index (χ2v) is 4.04. The number of methoxy groups -OCH3 is 1. The molecule has 0 saturated heterocycles. The van der Waals surface area contributed by atoms with Crippen LogP contribution in [0.5, 0.6) is 0 Å². The summed E-state index contributed by atoms with van der Waals surface area (Å²) in [6.07, 6.45) is 1.64. The number of esters is 1. The zero-order chi connectivity index (χ0) is 13.7. The van der Waals surface area contributed by atoms with Crippen LogP contribution in [-0.4, -0.2) is 19.0 Å². The molecule has 0 spiro atoms. The standard InChI is InChI=1S/C14H17NO3/c1-9-6-5-7-10(2)12(9)8-13(14(17)18-4)15-11(3)16/h5-8H,1-4H3,(H,15,16)/b13-8-. The van der Waals surface area contributed by atoms with Crippen LogP contribution in [-0.2, 0) is 14.3 Å². The topological polar surface area (TPSA) is 55.4 Å². The first-order chi connectivity index (χ1) is 8.45. The van der Waals surface area contributed by atoms with Crippen LogP contribution in [0.2, 0.25) is 0 Å². The molecular weight excluding hydrogens is 230 g/mol. The van der Waals surface area contributed by atoms with E-state index in [0.717, 1.165) is 16.7 Å². The molecule has 0 atom stereocenters. The number of hydrogen-bond donors (Lipinski definition) is 1. The molecule has 0 aromatic heterocycles. The predicted octanol–water partition coefficient (Wildman–Crippen LogP) is 1.95. The molecule has 1 amide bonds. The quantitative estimate of drug-likeness (QED) is 0.656. The Labute approximate surface area is 107 Å². The number of hydrogen-bond acceptors (Lipinski definition) is 3. The second-order valence-electron chi connectivity index (χ2n) is 4.04. The van der Waals surface area contributed by atoms with Gasteiger partial charge in [0, 0.05) is 6.92 Å². The monoisotopic (exact) mass is 247 g/mol. The van der Waals surface area contributed by atoms with Crippen molar-refractivity contribution in [1.82, 2.24) is 5.32 Å². The maximum Gasteiger partial charge on any atom is 0.354 e. The van der Waals surface area contributed by atoms with Crippen molar-refractivity contribution in [2.75, 3.05) is 7.11 Å². The zero-order valence-electron chi connectivity index (χ0n) is 11.0. The summed E-state index contributed by atoms with van der Waals surface area (Å²) in [5, 5.41) is 2.48. The molecule has 0 aliphatic rings. The van der Waals surface area contributed by atoms with Gasteiger partial charge >= 0.3 is 5.97 Å². The first-order valence-electron chi connectivity index (χ1n) is 5.59. The Kier molecular flexibility index (Phi) is 4.66. The van der Waals surface area contributed by atoms with Crippen molar-refractivity contribution in [1.29, 1.82) is 0 Å². The molecule has 0 aliphatic carbocycles. The maximum atomic E-state index is 11.6. The van der Waals surface area contributed by atoms with E-state index in [0.29, 0.717) is 0 Å². The molecule has 4 heteroatoms. The largest absolute Gasteiger partial charge is 0.464 e. The number of ether oxygens (including phenoxy) is 1. The van der Waals surface area contributed by atoms with E-state index in [4.69, 9.17) is 0 Å². The van der Waals surface area contributed by atoms with E-state index < -0.39 is 5.97 Å². The van der Waals surface area contributed by atoms with Gasteiger partial charge in [-0.15, -0.1) is 0 Å². The molecular formula is C14H17NO3. The average Bonchev–Trinajstić information content (AvgIpc) is 2.31. The van der Waals surface area contributed by atoms with Gasteiger partial charge < -0.3 is 10.1 Å². The van der Waals surface area contributed by atoms with Crippen molar-refractivity contribution in [3.63, 3.8) is 0 Å². The number of benzene rings is 1. The highest BCUT2D eigenvalue weighted by molar-refractivity contribution is 5.97. The van der Waals surface area contributed by atoms with Gasteiger partial charge in [0.25, 0.3) is 0 Å². The van der Waals surface area contributed by atoms with Gasteiger partial charge in [-0.25, -0.2) is 4.79 Å². The molecule has 0 heterocycles. The summed E-state index contributed by atoms with van der Waals surface area (Å²) in [5.41, 5.74) is 3.11. The average molecular weight is 247 g/mol. The molecule has 0 bridgehead atoms. The minimum absolute atomic E-state index is 0.141. The summed E-state index contributed by atoms with van der Waals surface area (Å²) < 4.78 is 4.64. The van der Waals surface area contributed by atoms with E-state index in [9.17, 15) is 9.59 Å². The lowest BCUT2D eigenvalue weighted by Crippen LogP contribution is -2.25. The summed E-state index contributed by atoms with van der Waals surface area (Å²) in [6.45, 7) is 5.24. The Morgan fingerprint density at radius 1 is 1.22 bits per heavy atom. The lowest BCUT2D eigenvalue weighted by atomic mass is 10.0. The maximum absolute atomic E-state index is 11.6. The molecule has 96 valence electrons. The molecule has 1 aromatic rings. The Balaban J connectivity index is 3.23. The fourth-order valence-corrected chi connectivity index (χ4v) is 1.65. The molecule has 18 heavy (non-hydrogen) atoms. The molecule has 0 unspecified atom stereocenters. The normalized spacial score (nSPS) is 11.0. The number of carbonyl (C=O) groups excluding carboxylic acids is 2. The number of carbonyl (C=O) groups is 2. The minimum Gasteiger partial charge on any atom is -0.464 e. The summed E-state index contributed by atoms with van der Waals surface area (Å²) in [7, 11) is 1.28. The van der Waals surface area contributed by atoms with Gasteiger partial charge in [-0.1, -0.05) is 18.2 Å². The number of aryl methyl sites for hydroxylation is 2. The summed E-state index contributed by atoms with van der Waals surface area (Å²) >= 11 is 0. The van der Waals surface area contributed by atoms with Crippen LogP contribution < -0.4 is 5.32 Å². The smallest absolute Gasteiger partial charge is 0.354 e. The van der Waals surface area contributed by atoms with Crippen LogP contribution in [0.4, 0.5) is 0 Å². The SMILES string of the molecule is COC(=O)/C(=C/c1c(C)cccc1C)NC(C)=O. The van der Waals surface area contributed by atoms with E-state index in [1.165, 1.54) is 14.0 Å². The van der Waals surface area contributed by atoms with Crippen molar-refractivity contribution in [2.24, 2.45) is 0 Å². The summed E-state index contributed by atoms with van der Waals surface area (Å²) in [6, 6.07) is 5.83. The third-order valence-corrected chi connectivity index (χ3v) is 2.55. The fraction of sp³-hybridized carbons (Fsp3) is 0.286. The molecule has 1 N–H and O–H groups in total. The Bertz CT molecular complexity index is 484. The van der Waals surface area contributed by atoms with Crippen molar-refractivity contribution in [3.8, 4) is 0 Å². The second kappa shape index (κ2) is 6.00. The van der Waals surface area contributed by atoms with Crippen molar-refractivity contribution in [3.05, 3.63) is 40.6 Å². The van der Waals surface area contributed by atoms with E-state index in [2.05, 4.69) is 10.1 Å². The predicted molar refractivity (Wildman–Crippen MR) is 69.7 cm³/mol. The molecule has 1 aromatic carbocycles. The van der Waals surface area contributed by atoms with Gasteiger partial charge in [0.05, 0.1) is 7.11 Å². The highest BCUT2D eigenvalue weighted by Gasteiger charge is 2.12. The van der Waals surface area contributed by atoms with Gasteiger partial charge in [0.2, 0.25) is 5.91 Å². The first-order valence-corrected chi connectivity index (χ1v) is 5.59. The van der Waals surface area contributed by atoms with Crippen LogP contribution in [0.15, 0.2) is 23.9 Å². The summed E-state index contributed by atoms with van der Waals surface area (Å²) in [4.78, 5) is 22.6. The van der Waals surface area contributed by atoms with Crippen LogP contribution in [0.25, 0.3) is 6.08 Å². The Morgan fingerprint density at radius 3 is 2.22 bits per heavy atom. The van der Waals surface area contributed by atoms with E-state index >= 15 is 0 Å². The van der Waals surface area contributed by atoms with E-state index in [-0.39, 0.29) is 11.6 Å². The number of rotatable bonds is 3. The van der Waals surface area contributed by atoms with Crippen LogP contribution in [0.1, 0.15) is 23.6 Å². The first kappa shape index (κ1) is 14.0. The highest BCUT2D eigenvalue weighted by Crippen LogP contribution is 2.16. The molecule has 0 fully saturated rings. The van der Waals surface area contributed by atoms with Gasteiger partial charge in [-0.05, 0) is 36.6 Å². The molecule has 4 nitrogen and oxygen atoms in total. The van der Waals surface area contributed by atoms with Gasteiger partial charge in [-0.2, -0.15) is 0 Å². The minimum atomic E-state index is -0.562. The van der Waals surface area contributed by atoms with Gasteiger partial charge in [0.1, 0.15) is 5.70 Å². The highest BCUT2D eigenvalue weighted by atomic mass is 16.5. The van der Waals surface area contributed by atoms with Crippen LogP contribution in [0.3, 0.4) is 0 Å². The van der Waals surface area contributed by atoms with Crippen LogP contribution >= 0.6 is 0 Å². The number of amides is 1. The Morgan fingerprint density at radius 2 is 1.78 bits per heavy atom. The summed E-state index contributed by atoms with van der Waals surface area (Å²) in [5.74, 6) is -0.870. The van der Waals surface area contributed by atoms with Crippen molar-refractivity contribution in [2.45, 2.75) is 20.8 Å². The third kappa shape index (κ3) is 3.45. The van der Waals surface area contributed by atoms with Crippen molar-refractivity contribution >= 4 is 18.0 Å². The molecule has 0 radical (unpaired) electrons. The lowest BCUT2D eigenvalue weighted by Gasteiger charge is -2.09. The van der Waals surface area contributed by atoms with E-state index in [1.807, 2.05) is 32.0 Å². The Hall–Kier alpha value is -2.10. The van der Waals surface area contributed by atoms with Crippen molar-refractivity contribution < 1.29 is 14.3 Å².